The Morgan fingerprint density at radius 3 is 2.25 bits per heavy atom. The zero-order valence-corrected chi connectivity index (χ0v) is 10.1. The molecule has 1 heterocycles. The smallest absolute Gasteiger partial charge is 0.211 e. The van der Waals surface area contributed by atoms with Crippen molar-refractivity contribution in [3.8, 4) is 0 Å². The molecule has 0 radical (unpaired) electrons. The molecule has 0 atom stereocenters. The highest BCUT2D eigenvalue weighted by atomic mass is 127. The largest absolute Gasteiger partial charge is 0.213 e. The zero-order chi connectivity index (χ0) is 9.19. The Hall–Kier alpha value is 0.640. The fourth-order valence-electron chi connectivity index (χ4n) is 1.40. The zero-order valence-electron chi connectivity index (χ0n) is 7.16. The first-order valence-electron chi connectivity index (χ1n) is 4.05. The van der Waals surface area contributed by atoms with E-state index in [4.69, 9.17) is 0 Å². The molecule has 1 aliphatic rings. The lowest BCUT2D eigenvalue weighted by molar-refractivity contribution is 0.294. The molecule has 0 aromatic heterocycles. The lowest BCUT2D eigenvalue weighted by atomic mass is 10.0. The standard InChI is InChI=1S/C7H14INO2S/c1-12(10,11)9-4-2-7(6-8)3-5-9/h7H,2-6H2,1H3. The van der Waals surface area contributed by atoms with Gasteiger partial charge in [0.25, 0.3) is 0 Å². The predicted molar refractivity (Wildman–Crippen MR) is 58.0 cm³/mol. The lowest BCUT2D eigenvalue weighted by Gasteiger charge is -2.28. The second kappa shape index (κ2) is 4.23. The molecule has 72 valence electrons. The summed E-state index contributed by atoms with van der Waals surface area (Å²) >= 11 is 2.37. The first-order valence-corrected chi connectivity index (χ1v) is 7.42. The van der Waals surface area contributed by atoms with E-state index in [0.29, 0.717) is 13.1 Å². The Balaban J connectivity index is 2.47. The van der Waals surface area contributed by atoms with E-state index in [1.54, 1.807) is 4.31 Å². The maximum atomic E-state index is 11.1. The minimum Gasteiger partial charge on any atom is -0.213 e. The van der Waals surface area contributed by atoms with Crippen LogP contribution in [0.5, 0.6) is 0 Å². The van der Waals surface area contributed by atoms with Crippen molar-refractivity contribution in [2.75, 3.05) is 23.8 Å². The van der Waals surface area contributed by atoms with Gasteiger partial charge in [-0.2, -0.15) is 0 Å². The Bertz CT molecular complexity index is 232. The van der Waals surface area contributed by atoms with Crippen LogP contribution in [-0.4, -0.2) is 36.5 Å². The monoisotopic (exact) mass is 303 g/mol. The summed E-state index contributed by atoms with van der Waals surface area (Å²) in [7, 11) is -2.93. The van der Waals surface area contributed by atoms with Gasteiger partial charge in [-0.25, -0.2) is 12.7 Å². The number of sulfonamides is 1. The third-order valence-electron chi connectivity index (χ3n) is 2.26. The Morgan fingerprint density at radius 2 is 1.92 bits per heavy atom. The van der Waals surface area contributed by atoms with E-state index in [9.17, 15) is 8.42 Å². The summed E-state index contributed by atoms with van der Waals surface area (Å²) in [4.78, 5) is 0. The van der Waals surface area contributed by atoms with Crippen molar-refractivity contribution in [2.24, 2.45) is 5.92 Å². The number of hydrogen-bond donors (Lipinski definition) is 0. The topological polar surface area (TPSA) is 37.4 Å². The Morgan fingerprint density at radius 1 is 1.42 bits per heavy atom. The van der Waals surface area contributed by atoms with Crippen LogP contribution in [0.4, 0.5) is 0 Å². The van der Waals surface area contributed by atoms with Crippen LogP contribution in [0.3, 0.4) is 0 Å². The van der Waals surface area contributed by atoms with E-state index in [2.05, 4.69) is 22.6 Å². The van der Waals surface area contributed by atoms with Crippen molar-refractivity contribution in [3.63, 3.8) is 0 Å². The number of nitrogens with zero attached hydrogens (tertiary/aromatic N) is 1. The fraction of sp³-hybridized carbons (Fsp3) is 1.00. The summed E-state index contributed by atoms with van der Waals surface area (Å²) in [5, 5.41) is 0. The summed E-state index contributed by atoms with van der Waals surface area (Å²) < 4.78 is 24.9. The molecular weight excluding hydrogens is 289 g/mol. The average molecular weight is 303 g/mol. The van der Waals surface area contributed by atoms with Gasteiger partial charge in [-0.05, 0) is 18.8 Å². The van der Waals surface area contributed by atoms with E-state index in [0.717, 1.165) is 23.2 Å². The molecule has 0 saturated carbocycles. The van der Waals surface area contributed by atoms with E-state index < -0.39 is 10.0 Å². The molecule has 0 bridgehead atoms. The van der Waals surface area contributed by atoms with Crippen molar-refractivity contribution in [1.29, 1.82) is 0 Å². The van der Waals surface area contributed by atoms with Gasteiger partial charge in [0.05, 0.1) is 6.26 Å². The molecule has 0 N–H and O–H groups in total. The first kappa shape index (κ1) is 10.7. The van der Waals surface area contributed by atoms with Crippen molar-refractivity contribution < 1.29 is 8.42 Å². The summed E-state index contributed by atoms with van der Waals surface area (Å²) in [6.07, 6.45) is 3.34. The highest BCUT2D eigenvalue weighted by molar-refractivity contribution is 14.1. The van der Waals surface area contributed by atoms with Crippen molar-refractivity contribution in [1.82, 2.24) is 4.31 Å². The summed E-state index contributed by atoms with van der Waals surface area (Å²) in [5.41, 5.74) is 0. The van der Waals surface area contributed by atoms with Crippen LogP contribution in [0, 0.1) is 5.92 Å². The molecule has 0 amide bonds. The minimum atomic E-state index is -2.93. The van der Waals surface area contributed by atoms with Gasteiger partial charge in [0.15, 0.2) is 0 Å². The van der Waals surface area contributed by atoms with Gasteiger partial charge in [-0.1, -0.05) is 22.6 Å². The molecule has 3 nitrogen and oxygen atoms in total. The number of rotatable bonds is 2. The van der Waals surface area contributed by atoms with Crippen LogP contribution in [-0.2, 0) is 10.0 Å². The van der Waals surface area contributed by atoms with Crippen LogP contribution in [0.25, 0.3) is 0 Å². The van der Waals surface area contributed by atoms with E-state index in [-0.39, 0.29) is 0 Å². The maximum absolute atomic E-state index is 11.1. The number of hydrogen-bond acceptors (Lipinski definition) is 2. The lowest BCUT2D eigenvalue weighted by Crippen LogP contribution is -2.38. The number of halogens is 1. The highest BCUT2D eigenvalue weighted by Gasteiger charge is 2.23. The molecular formula is C7H14INO2S. The summed E-state index contributed by atoms with van der Waals surface area (Å²) in [6, 6.07) is 0. The maximum Gasteiger partial charge on any atom is 0.211 e. The second-order valence-corrected chi connectivity index (χ2v) is 6.12. The Labute approximate surface area is 87.7 Å². The molecule has 1 aliphatic heterocycles. The molecule has 1 fully saturated rings. The molecule has 12 heavy (non-hydrogen) atoms. The normalized spacial score (nSPS) is 22.8. The minimum absolute atomic E-state index is 0.715. The summed E-state index contributed by atoms with van der Waals surface area (Å²) in [6.45, 7) is 1.43. The van der Waals surface area contributed by atoms with E-state index in [1.807, 2.05) is 0 Å². The molecule has 0 aromatic carbocycles. The SMILES string of the molecule is CS(=O)(=O)N1CCC(CI)CC1. The highest BCUT2D eigenvalue weighted by Crippen LogP contribution is 2.20. The summed E-state index contributed by atoms with van der Waals surface area (Å²) in [5.74, 6) is 0.726. The van der Waals surface area contributed by atoms with Crippen LogP contribution < -0.4 is 0 Å². The van der Waals surface area contributed by atoms with Crippen molar-refractivity contribution >= 4 is 32.6 Å². The van der Waals surface area contributed by atoms with Gasteiger partial charge in [0, 0.05) is 17.5 Å². The predicted octanol–water partition coefficient (Wildman–Crippen LogP) is 1.09. The molecule has 1 saturated heterocycles. The molecule has 0 spiro atoms. The number of alkyl halides is 1. The van der Waals surface area contributed by atoms with E-state index >= 15 is 0 Å². The molecule has 1 rings (SSSR count). The molecule has 0 aliphatic carbocycles. The quantitative estimate of drug-likeness (QED) is 0.566. The number of piperidine rings is 1. The first-order chi connectivity index (χ1) is 5.54. The van der Waals surface area contributed by atoms with Crippen molar-refractivity contribution in [2.45, 2.75) is 12.8 Å². The fourth-order valence-corrected chi connectivity index (χ4v) is 3.15. The van der Waals surface area contributed by atoms with Gasteiger partial charge >= 0.3 is 0 Å². The molecule has 0 aromatic rings. The van der Waals surface area contributed by atoms with E-state index in [1.165, 1.54) is 6.26 Å². The second-order valence-electron chi connectivity index (χ2n) is 3.26. The van der Waals surface area contributed by atoms with Crippen LogP contribution in [0.2, 0.25) is 0 Å². The Kier molecular flexibility index (Phi) is 3.78. The van der Waals surface area contributed by atoms with Gasteiger partial charge in [-0.15, -0.1) is 0 Å². The van der Waals surface area contributed by atoms with Crippen LogP contribution in [0.15, 0.2) is 0 Å². The van der Waals surface area contributed by atoms with Gasteiger partial charge in [0.2, 0.25) is 10.0 Å². The van der Waals surface area contributed by atoms with Crippen LogP contribution in [0.1, 0.15) is 12.8 Å². The van der Waals surface area contributed by atoms with Gasteiger partial charge in [0.1, 0.15) is 0 Å². The molecule has 5 heteroatoms. The van der Waals surface area contributed by atoms with Crippen molar-refractivity contribution in [3.05, 3.63) is 0 Å². The van der Waals surface area contributed by atoms with Gasteiger partial charge in [-0.3, -0.25) is 0 Å². The third-order valence-corrected chi connectivity index (χ3v) is 4.81. The molecule has 0 unspecified atom stereocenters. The van der Waals surface area contributed by atoms with Crippen LogP contribution >= 0.6 is 22.6 Å². The average Bonchev–Trinajstić information content (AvgIpc) is 2.03. The van der Waals surface area contributed by atoms with Gasteiger partial charge < -0.3 is 0 Å². The third kappa shape index (κ3) is 2.85.